The van der Waals surface area contributed by atoms with Crippen LogP contribution in [0.15, 0.2) is 164 Å². The van der Waals surface area contributed by atoms with Gasteiger partial charge in [-0.2, -0.15) is 0 Å². The highest BCUT2D eigenvalue weighted by molar-refractivity contribution is 6.26. The van der Waals surface area contributed by atoms with Crippen molar-refractivity contribution < 1.29 is 0 Å². The van der Waals surface area contributed by atoms with Crippen molar-refractivity contribution in [3.8, 4) is 56.4 Å². The van der Waals surface area contributed by atoms with Crippen LogP contribution in [0.4, 0.5) is 0 Å². The van der Waals surface area contributed by atoms with Crippen LogP contribution in [0.1, 0.15) is 25.0 Å². The van der Waals surface area contributed by atoms with Gasteiger partial charge in [-0.15, -0.1) is 0 Å². The van der Waals surface area contributed by atoms with Crippen molar-refractivity contribution >= 4 is 32.3 Å². The molecule has 1 heterocycles. The molecule has 0 aliphatic heterocycles. The summed E-state index contributed by atoms with van der Waals surface area (Å²) in [5.41, 5.74) is 10.6. The predicted molar refractivity (Wildman–Crippen MR) is 212 cm³/mol. The van der Waals surface area contributed by atoms with E-state index in [-0.39, 0.29) is 5.41 Å². The molecule has 0 radical (unpaired) electrons. The van der Waals surface area contributed by atoms with E-state index in [9.17, 15) is 0 Å². The summed E-state index contributed by atoms with van der Waals surface area (Å²) >= 11 is 0. The molecule has 9 aromatic rings. The Morgan fingerprint density at radius 1 is 0.392 bits per heavy atom. The summed E-state index contributed by atoms with van der Waals surface area (Å²) in [4.78, 5) is 14.8. The Bertz CT molecular complexity index is 2760. The Morgan fingerprint density at radius 3 is 1.67 bits per heavy atom. The summed E-state index contributed by atoms with van der Waals surface area (Å²) in [5, 5.41) is 7.79. The molecule has 8 aromatic carbocycles. The van der Waals surface area contributed by atoms with E-state index in [2.05, 4.69) is 117 Å². The van der Waals surface area contributed by atoms with Crippen LogP contribution < -0.4 is 0 Å². The zero-order valence-electron chi connectivity index (χ0n) is 28.4. The number of fused-ring (bicyclic) bond motifs is 10. The summed E-state index contributed by atoms with van der Waals surface area (Å²) in [6.07, 6.45) is 0. The van der Waals surface area contributed by atoms with Crippen molar-refractivity contribution in [3.05, 3.63) is 175 Å². The first-order valence-corrected chi connectivity index (χ1v) is 17.5. The van der Waals surface area contributed by atoms with Gasteiger partial charge in [0.1, 0.15) is 0 Å². The largest absolute Gasteiger partial charge is 0.208 e. The van der Waals surface area contributed by atoms with Crippen molar-refractivity contribution in [3.63, 3.8) is 0 Å². The second kappa shape index (κ2) is 11.3. The van der Waals surface area contributed by atoms with Gasteiger partial charge in [-0.25, -0.2) is 15.0 Å². The molecular formula is C48H33N3. The second-order valence-electron chi connectivity index (χ2n) is 14.0. The van der Waals surface area contributed by atoms with E-state index < -0.39 is 0 Å². The predicted octanol–water partition coefficient (Wildman–Crippen LogP) is 12.3. The minimum atomic E-state index is -0.0992. The Morgan fingerprint density at radius 2 is 0.941 bits per heavy atom. The molecule has 1 aromatic heterocycles. The Hall–Kier alpha value is -6.45. The molecule has 3 heteroatoms. The van der Waals surface area contributed by atoms with Gasteiger partial charge in [0.2, 0.25) is 0 Å². The van der Waals surface area contributed by atoms with E-state index in [1.807, 2.05) is 60.7 Å². The number of nitrogens with zero attached hydrogens (tertiary/aromatic N) is 3. The normalized spacial score (nSPS) is 13.1. The van der Waals surface area contributed by atoms with E-state index in [1.165, 1.54) is 54.6 Å². The van der Waals surface area contributed by atoms with Crippen molar-refractivity contribution in [2.45, 2.75) is 19.3 Å². The smallest absolute Gasteiger partial charge is 0.164 e. The Kier molecular flexibility index (Phi) is 6.53. The van der Waals surface area contributed by atoms with E-state index >= 15 is 0 Å². The SMILES string of the molecule is CC1(C)c2ccccc2-c2c1c1ccc3cc(-c4cccc(-c5nc(-c6ccccc6)nc(-c6ccccc6)n5)c4)ccc3c1c1ccccc21. The molecule has 240 valence electrons. The quantitative estimate of drug-likeness (QED) is 0.178. The van der Waals surface area contributed by atoms with Crippen LogP contribution in [0.2, 0.25) is 0 Å². The molecule has 51 heavy (non-hydrogen) atoms. The molecule has 1 aliphatic rings. The lowest BCUT2D eigenvalue weighted by molar-refractivity contribution is 0.666. The zero-order valence-corrected chi connectivity index (χ0v) is 28.4. The average Bonchev–Trinajstić information content (AvgIpc) is 3.44. The summed E-state index contributed by atoms with van der Waals surface area (Å²) in [6.45, 7) is 4.76. The molecule has 0 saturated carbocycles. The summed E-state index contributed by atoms with van der Waals surface area (Å²) < 4.78 is 0. The number of hydrogen-bond donors (Lipinski definition) is 0. The maximum Gasteiger partial charge on any atom is 0.164 e. The third kappa shape index (κ3) is 4.62. The number of aromatic nitrogens is 3. The fourth-order valence-corrected chi connectivity index (χ4v) is 8.28. The lowest BCUT2D eigenvalue weighted by Crippen LogP contribution is -2.15. The Labute approximate surface area is 297 Å². The molecule has 0 atom stereocenters. The van der Waals surface area contributed by atoms with E-state index in [0.717, 1.165) is 27.8 Å². The summed E-state index contributed by atoms with van der Waals surface area (Å²) in [6, 6.07) is 58.3. The van der Waals surface area contributed by atoms with Crippen LogP contribution in [0.25, 0.3) is 88.7 Å². The fourth-order valence-electron chi connectivity index (χ4n) is 8.28. The summed E-state index contributed by atoms with van der Waals surface area (Å²) in [7, 11) is 0. The van der Waals surface area contributed by atoms with Crippen molar-refractivity contribution in [1.82, 2.24) is 15.0 Å². The van der Waals surface area contributed by atoms with Gasteiger partial charge in [0.05, 0.1) is 0 Å². The maximum atomic E-state index is 4.98. The van der Waals surface area contributed by atoms with Crippen LogP contribution in [-0.2, 0) is 5.41 Å². The topological polar surface area (TPSA) is 38.7 Å². The minimum Gasteiger partial charge on any atom is -0.208 e. The van der Waals surface area contributed by atoms with Crippen LogP contribution >= 0.6 is 0 Å². The van der Waals surface area contributed by atoms with Crippen LogP contribution in [0, 0.1) is 0 Å². The average molecular weight is 652 g/mol. The van der Waals surface area contributed by atoms with E-state index in [0.29, 0.717) is 17.5 Å². The van der Waals surface area contributed by atoms with Crippen molar-refractivity contribution in [1.29, 1.82) is 0 Å². The molecule has 1 aliphatic carbocycles. The number of benzene rings is 8. The van der Waals surface area contributed by atoms with Gasteiger partial charge in [0.15, 0.2) is 17.5 Å². The van der Waals surface area contributed by atoms with Crippen molar-refractivity contribution in [2.24, 2.45) is 0 Å². The van der Waals surface area contributed by atoms with Crippen LogP contribution in [0.5, 0.6) is 0 Å². The van der Waals surface area contributed by atoms with E-state index in [1.54, 1.807) is 0 Å². The molecule has 0 fully saturated rings. The lowest BCUT2D eigenvalue weighted by Gasteiger charge is -2.24. The Balaban J connectivity index is 1.13. The molecular weight excluding hydrogens is 619 g/mol. The minimum absolute atomic E-state index is 0.0992. The fraction of sp³-hybridized carbons (Fsp3) is 0.0625. The number of rotatable bonds is 4. The highest BCUT2D eigenvalue weighted by Gasteiger charge is 2.38. The van der Waals surface area contributed by atoms with Gasteiger partial charge in [0.25, 0.3) is 0 Å². The highest BCUT2D eigenvalue weighted by atomic mass is 15.0. The maximum absolute atomic E-state index is 4.98. The van der Waals surface area contributed by atoms with Gasteiger partial charge in [-0.05, 0) is 77.8 Å². The second-order valence-corrected chi connectivity index (χ2v) is 14.0. The van der Waals surface area contributed by atoms with Crippen LogP contribution in [-0.4, -0.2) is 15.0 Å². The molecule has 0 unspecified atom stereocenters. The molecule has 3 nitrogen and oxygen atoms in total. The van der Waals surface area contributed by atoms with Gasteiger partial charge in [-0.3, -0.25) is 0 Å². The highest BCUT2D eigenvalue weighted by Crippen LogP contribution is 2.55. The van der Waals surface area contributed by atoms with Gasteiger partial charge >= 0.3 is 0 Å². The molecule has 0 amide bonds. The third-order valence-corrected chi connectivity index (χ3v) is 10.7. The standard InChI is InChI=1S/C48H33N3/c1-48(2)41-23-12-11-22-39(41)43-38-21-10-9-20-37(38)42-36-26-24-33(28-34(36)25-27-40(42)44(43)48)32-18-13-19-35(29-32)47-50-45(30-14-5-3-6-15-30)49-46(51-47)31-16-7-4-8-17-31/h3-29H,1-2H3. The van der Waals surface area contributed by atoms with Crippen molar-refractivity contribution in [2.75, 3.05) is 0 Å². The molecule has 0 bridgehead atoms. The summed E-state index contributed by atoms with van der Waals surface area (Å²) in [5.74, 6) is 1.97. The van der Waals surface area contributed by atoms with Crippen LogP contribution in [0.3, 0.4) is 0 Å². The number of hydrogen-bond acceptors (Lipinski definition) is 3. The first-order valence-electron chi connectivity index (χ1n) is 17.5. The zero-order chi connectivity index (χ0) is 34.1. The van der Waals surface area contributed by atoms with Gasteiger partial charge in [0, 0.05) is 22.1 Å². The molecule has 0 spiro atoms. The van der Waals surface area contributed by atoms with Gasteiger partial charge < -0.3 is 0 Å². The molecule has 0 N–H and O–H groups in total. The molecule has 10 rings (SSSR count). The van der Waals surface area contributed by atoms with E-state index in [4.69, 9.17) is 15.0 Å². The monoisotopic (exact) mass is 651 g/mol. The third-order valence-electron chi connectivity index (χ3n) is 10.7. The lowest BCUT2D eigenvalue weighted by atomic mass is 9.78. The van der Waals surface area contributed by atoms with Gasteiger partial charge in [-0.1, -0.05) is 166 Å². The first-order chi connectivity index (χ1) is 25.0. The first kappa shape index (κ1) is 29.5. The molecule has 0 saturated heterocycles.